The van der Waals surface area contributed by atoms with Crippen molar-refractivity contribution in [2.24, 2.45) is 0 Å². The SMILES string of the molecule is CN1CCC(c2cc(-c3ccccc3)on2)CC1. The highest BCUT2D eigenvalue weighted by molar-refractivity contribution is 5.57. The Morgan fingerprint density at radius 2 is 1.89 bits per heavy atom. The number of benzene rings is 1. The molecule has 1 aromatic heterocycles. The standard InChI is InChI=1S/C15H18N2O/c1-17-9-7-12(8-10-17)14-11-15(18-16-14)13-5-3-2-4-6-13/h2-6,11-12H,7-10H2,1H3. The summed E-state index contributed by atoms with van der Waals surface area (Å²) in [5, 5.41) is 4.25. The molecule has 1 aliphatic heterocycles. The van der Waals surface area contributed by atoms with Gasteiger partial charge in [-0.25, -0.2) is 0 Å². The summed E-state index contributed by atoms with van der Waals surface area (Å²) in [5.41, 5.74) is 2.21. The summed E-state index contributed by atoms with van der Waals surface area (Å²) < 4.78 is 5.47. The third-order valence-corrected chi connectivity index (χ3v) is 3.72. The lowest BCUT2D eigenvalue weighted by Gasteiger charge is -2.27. The van der Waals surface area contributed by atoms with Gasteiger partial charge in [-0.05, 0) is 33.0 Å². The number of rotatable bonds is 2. The average Bonchev–Trinajstić information content (AvgIpc) is 2.90. The van der Waals surface area contributed by atoms with E-state index in [0.29, 0.717) is 5.92 Å². The van der Waals surface area contributed by atoms with E-state index in [9.17, 15) is 0 Å². The molecule has 18 heavy (non-hydrogen) atoms. The summed E-state index contributed by atoms with van der Waals surface area (Å²) >= 11 is 0. The summed E-state index contributed by atoms with van der Waals surface area (Å²) in [7, 11) is 2.18. The van der Waals surface area contributed by atoms with E-state index in [2.05, 4.69) is 35.3 Å². The third-order valence-electron chi connectivity index (χ3n) is 3.72. The number of hydrogen-bond donors (Lipinski definition) is 0. The smallest absolute Gasteiger partial charge is 0.167 e. The van der Waals surface area contributed by atoms with Crippen molar-refractivity contribution in [3.63, 3.8) is 0 Å². The molecule has 3 heteroatoms. The molecule has 1 aromatic carbocycles. The van der Waals surface area contributed by atoms with Gasteiger partial charge in [-0.15, -0.1) is 0 Å². The van der Waals surface area contributed by atoms with E-state index in [4.69, 9.17) is 4.52 Å². The predicted octanol–water partition coefficient (Wildman–Crippen LogP) is 3.15. The van der Waals surface area contributed by atoms with Crippen LogP contribution in [0.3, 0.4) is 0 Å². The zero-order valence-electron chi connectivity index (χ0n) is 10.7. The Morgan fingerprint density at radius 1 is 1.17 bits per heavy atom. The first-order valence-corrected chi connectivity index (χ1v) is 6.53. The molecule has 3 rings (SSSR count). The van der Waals surface area contributed by atoms with Crippen molar-refractivity contribution in [1.29, 1.82) is 0 Å². The summed E-state index contributed by atoms with van der Waals surface area (Å²) in [6.45, 7) is 2.30. The number of nitrogens with zero attached hydrogens (tertiary/aromatic N) is 2. The zero-order valence-corrected chi connectivity index (χ0v) is 10.7. The molecule has 1 aliphatic rings. The Balaban J connectivity index is 1.78. The molecule has 2 aromatic rings. The van der Waals surface area contributed by atoms with Gasteiger partial charge in [0, 0.05) is 17.5 Å². The number of hydrogen-bond acceptors (Lipinski definition) is 3. The average molecular weight is 242 g/mol. The van der Waals surface area contributed by atoms with Gasteiger partial charge in [-0.2, -0.15) is 0 Å². The van der Waals surface area contributed by atoms with Gasteiger partial charge < -0.3 is 9.42 Å². The van der Waals surface area contributed by atoms with Gasteiger partial charge in [0.15, 0.2) is 5.76 Å². The highest BCUT2D eigenvalue weighted by atomic mass is 16.5. The van der Waals surface area contributed by atoms with Crippen molar-refractivity contribution in [2.75, 3.05) is 20.1 Å². The van der Waals surface area contributed by atoms with Crippen LogP contribution in [0.4, 0.5) is 0 Å². The summed E-state index contributed by atoms with van der Waals surface area (Å²) in [4.78, 5) is 2.37. The Bertz CT molecular complexity index is 498. The topological polar surface area (TPSA) is 29.3 Å². The van der Waals surface area contributed by atoms with Crippen LogP contribution in [0, 0.1) is 0 Å². The molecule has 0 N–H and O–H groups in total. The van der Waals surface area contributed by atoms with Gasteiger partial charge in [0.2, 0.25) is 0 Å². The fourth-order valence-corrected chi connectivity index (χ4v) is 2.52. The maximum absolute atomic E-state index is 5.47. The highest BCUT2D eigenvalue weighted by Crippen LogP contribution is 2.29. The molecule has 2 heterocycles. The molecule has 0 atom stereocenters. The van der Waals surface area contributed by atoms with Crippen molar-refractivity contribution in [2.45, 2.75) is 18.8 Å². The van der Waals surface area contributed by atoms with Gasteiger partial charge in [-0.1, -0.05) is 35.5 Å². The van der Waals surface area contributed by atoms with Crippen molar-refractivity contribution >= 4 is 0 Å². The normalized spacial score (nSPS) is 18.1. The van der Waals surface area contributed by atoms with Crippen LogP contribution in [-0.4, -0.2) is 30.2 Å². The molecule has 1 saturated heterocycles. The second-order valence-electron chi connectivity index (χ2n) is 5.06. The maximum Gasteiger partial charge on any atom is 0.167 e. The molecule has 0 spiro atoms. The summed E-state index contributed by atoms with van der Waals surface area (Å²) in [5.74, 6) is 1.44. The molecule has 0 aliphatic carbocycles. The van der Waals surface area contributed by atoms with Crippen LogP contribution in [0.5, 0.6) is 0 Å². The largest absolute Gasteiger partial charge is 0.356 e. The van der Waals surface area contributed by atoms with Crippen molar-refractivity contribution in [3.8, 4) is 11.3 Å². The Kier molecular flexibility index (Phi) is 3.15. The van der Waals surface area contributed by atoms with Gasteiger partial charge in [0.1, 0.15) is 0 Å². The Morgan fingerprint density at radius 3 is 2.61 bits per heavy atom. The lowest BCUT2D eigenvalue weighted by molar-refractivity contribution is 0.250. The first-order valence-electron chi connectivity index (χ1n) is 6.53. The molecule has 94 valence electrons. The van der Waals surface area contributed by atoms with Crippen LogP contribution in [0.25, 0.3) is 11.3 Å². The minimum absolute atomic E-state index is 0.558. The third kappa shape index (κ3) is 2.31. The zero-order chi connectivity index (χ0) is 12.4. The predicted molar refractivity (Wildman–Crippen MR) is 71.4 cm³/mol. The lowest BCUT2D eigenvalue weighted by Crippen LogP contribution is -2.29. The van der Waals surface area contributed by atoms with E-state index in [1.54, 1.807) is 0 Å². The van der Waals surface area contributed by atoms with Gasteiger partial charge in [0.25, 0.3) is 0 Å². The summed E-state index contributed by atoms with van der Waals surface area (Å²) in [6, 6.07) is 12.3. The van der Waals surface area contributed by atoms with E-state index < -0.39 is 0 Å². The first-order chi connectivity index (χ1) is 8.83. The van der Waals surface area contributed by atoms with Crippen LogP contribution in [0.15, 0.2) is 40.9 Å². The van der Waals surface area contributed by atoms with Crippen molar-refractivity contribution < 1.29 is 4.52 Å². The van der Waals surface area contributed by atoms with E-state index >= 15 is 0 Å². The molecular formula is C15H18N2O. The van der Waals surface area contributed by atoms with Crippen LogP contribution < -0.4 is 0 Å². The molecule has 0 unspecified atom stereocenters. The molecule has 0 bridgehead atoms. The van der Waals surface area contributed by atoms with E-state index in [-0.39, 0.29) is 0 Å². The fraction of sp³-hybridized carbons (Fsp3) is 0.400. The second kappa shape index (κ2) is 4.94. The van der Waals surface area contributed by atoms with Crippen LogP contribution >= 0.6 is 0 Å². The second-order valence-corrected chi connectivity index (χ2v) is 5.06. The van der Waals surface area contributed by atoms with Crippen LogP contribution in [0.1, 0.15) is 24.5 Å². The minimum Gasteiger partial charge on any atom is -0.356 e. The quantitative estimate of drug-likeness (QED) is 0.810. The number of piperidine rings is 1. The van der Waals surface area contributed by atoms with Crippen LogP contribution in [-0.2, 0) is 0 Å². The molecule has 1 fully saturated rings. The van der Waals surface area contributed by atoms with E-state index in [0.717, 1.165) is 30.1 Å². The minimum atomic E-state index is 0.558. The van der Waals surface area contributed by atoms with Crippen LogP contribution in [0.2, 0.25) is 0 Å². The molecule has 0 radical (unpaired) electrons. The summed E-state index contributed by atoms with van der Waals surface area (Å²) in [6.07, 6.45) is 2.36. The molecular weight excluding hydrogens is 224 g/mol. The lowest BCUT2D eigenvalue weighted by atomic mass is 9.93. The molecule has 0 amide bonds. The first kappa shape index (κ1) is 11.5. The number of likely N-dealkylation sites (tertiary alicyclic amines) is 1. The van der Waals surface area contributed by atoms with Gasteiger partial charge >= 0.3 is 0 Å². The van der Waals surface area contributed by atoms with Crippen molar-refractivity contribution in [3.05, 3.63) is 42.1 Å². The molecule has 0 saturated carbocycles. The van der Waals surface area contributed by atoms with Crippen molar-refractivity contribution in [1.82, 2.24) is 10.1 Å². The fourth-order valence-electron chi connectivity index (χ4n) is 2.52. The van der Waals surface area contributed by atoms with E-state index in [1.807, 2.05) is 18.2 Å². The Labute approximate surface area is 107 Å². The van der Waals surface area contributed by atoms with Gasteiger partial charge in [0.05, 0.1) is 5.69 Å². The molecule has 3 nitrogen and oxygen atoms in total. The number of aromatic nitrogens is 1. The van der Waals surface area contributed by atoms with E-state index in [1.165, 1.54) is 12.8 Å². The van der Waals surface area contributed by atoms with Gasteiger partial charge in [-0.3, -0.25) is 0 Å². The Hall–Kier alpha value is -1.61. The maximum atomic E-state index is 5.47. The monoisotopic (exact) mass is 242 g/mol. The highest BCUT2D eigenvalue weighted by Gasteiger charge is 2.21.